The van der Waals surface area contributed by atoms with E-state index in [0.29, 0.717) is 18.9 Å². The van der Waals surface area contributed by atoms with Crippen molar-refractivity contribution in [2.45, 2.75) is 31.3 Å². The average molecular weight is 411 g/mol. The third kappa shape index (κ3) is 3.87. The lowest BCUT2D eigenvalue weighted by atomic mass is 10.2. The summed E-state index contributed by atoms with van der Waals surface area (Å²) in [5.74, 6) is 0.454. The number of halogens is 1. The van der Waals surface area contributed by atoms with Crippen molar-refractivity contribution in [2.75, 3.05) is 31.9 Å². The number of amides is 1. The van der Waals surface area contributed by atoms with Crippen LogP contribution in [0.2, 0.25) is 0 Å². The van der Waals surface area contributed by atoms with Gasteiger partial charge in [0.1, 0.15) is 22.4 Å². The van der Waals surface area contributed by atoms with E-state index in [1.54, 1.807) is 9.42 Å². The minimum absolute atomic E-state index is 0.0231. The maximum absolute atomic E-state index is 12.2. The third-order valence-corrected chi connectivity index (χ3v) is 5.09. The Hall–Kier alpha value is -1.87. The first-order valence-corrected chi connectivity index (χ1v) is 9.12. The number of carbonyl (C=O) groups excluding carboxylic acids is 1. The Kier molecular flexibility index (Phi) is 4.88. The van der Waals surface area contributed by atoms with Crippen molar-refractivity contribution in [3.63, 3.8) is 0 Å². The van der Waals surface area contributed by atoms with Gasteiger partial charge in [0.2, 0.25) is 0 Å². The number of nitrogens with two attached hydrogens (primary N) is 1. The molecule has 1 saturated heterocycles. The minimum Gasteiger partial charge on any atom is -0.444 e. The predicted octanol–water partition coefficient (Wildman–Crippen LogP) is 2.26. The van der Waals surface area contributed by atoms with Gasteiger partial charge in [-0.15, -0.1) is 0 Å². The van der Waals surface area contributed by atoms with E-state index in [0.717, 1.165) is 24.3 Å². The second kappa shape index (κ2) is 6.80. The number of aromatic nitrogens is 3. The Morgan fingerprint density at radius 3 is 2.60 bits per heavy atom. The van der Waals surface area contributed by atoms with Crippen molar-refractivity contribution in [1.29, 1.82) is 0 Å². The molecule has 0 spiro atoms. The first-order chi connectivity index (χ1) is 11.8. The Morgan fingerprint density at radius 2 is 1.96 bits per heavy atom. The molecule has 8 nitrogen and oxygen atoms in total. The van der Waals surface area contributed by atoms with Gasteiger partial charge in [0.15, 0.2) is 5.82 Å². The van der Waals surface area contributed by atoms with Gasteiger partial charge in [-0.3, -0.25) is 4.90 Å². The van der Waals surface area contributed by atoms with Crippen molar-refractivity contribution in [1.82, 2.24) is 24.4 Å². The van der Waals surface area contributed by atoms with Gasteiger partial charge in [-0.1, -0.05) is 15.9 Å². The van der Waals surface area contributed by atoms with E-state index in [2.05, 4.69) is 30.9 Å². The third-order valence-electron chi connectivity index (χ3n) is 4.04. The molecule has 136 valence electrons. The predicted molar refractivity (Wildman–Crippen MR) is 98.4 cm³/mol. The number of nitrogen functional groups attached to an aromatic ring is 1. The van der Waals surface area contributed by atoms with Gasteiger partial charge in [-0.25, -0.2) is 14.3 Å². The van der Waals surface area contributed by atoms with Crippen molar-refractivity contribution in [3.8, 4) is 0 Å². The van der Waals surface area contributed by atoms with Crippen molar-refractivity contribution in [3.05, 3.63) is 24.2 Å². The van der Waals surface area contributed by atoms with E-state index in [1.165, 1.54) is 6.33 Å². The molecule has 25 heavy (non-hydrogen) atoms. The minimum atomic E-state index is -0.476. The summed E-state index contributed by atoms with van der Waals surface area (Å²) < 4.78 is 7.23. The van der Waals surface area contributed by atoms with Crippen molar-refractivity contribution < 1.29 is 9.53 Å². The summed E-state index contributed by atoms with van der Waals surface area (Å²) in [5, 5.41) is 4.29. The molecular formula is C16H23BrN6O2. The van der Waals surface area contributed by atoms with Crippen LogP contribution in [0.4, 0.5) is 10.6 Å². The van der Waals surface area contributed by atoms with Gasteiger partial charge in [0.05, 0.1) is 5.69 Å². The van der Waals surface area contributed by atoms with E-state index in [1.807, 2.05) is 32.9 Å². The Balaban J connectivity index is 1.66. The van der Waals surface area contributed by atoms with E-state index in [-0.39, 0.29) is 11.0 Å². The molecule has 1 amide bonds. The van der Waals surface area contributed by atoms with Gasteiger partial charge in [0.25, 0.3) is 0 Å². The number of alkyl halides is 1. The summed E-state index contributed by atoms with van der Waals surface area (Å²) in [4.78, 5) is 20.2. The van der Waals surface area contributed by atoms with Crippen molar-refractivity contribution in [2.24, 2.45) is 0 Å². The fraction of sp³-hybridized carbons (Fsp3) is 0.562. The lowest BCUT2D eigenvalue weighted by Crippen LogP contribution is -2.50. The van der Waals surface area contributed by atoms with Crippen LogP contribution in [0.3, 0.4) is 0 Å². The molecule has 1 unspecified atom stereocenters. The fourth-order valence-electron chi connectivity index (χ4n) is 2.80. The molecule has 0 bridgehead atoms. The first-order valence-electron chi connectivity index (χ1n) is 8.20. The second-order valence-electron chi connectivity index (χ2n) is 7.04. The van der Waals surface area contributed by atoms with Crippen LogP contribution in [-0.4, -0.2) is 62.3 Å². The van der Waals surface area contributed by atoms with Crippen LogP contribution in [0.25, 0.3) is 5.52 Å². The number of hydrogen-bond donors (Lipinski definition) is 1. The molecule has 1 aliphatic rings. The maximum Gasteiger partial charge on any atom is 0.410 e. The molecule has 0 aromatic carbocycles. The number of piperazine rings is 1. The molecule has 1 aliphatic heterocycles. The van der Waals surface area contributed by atoms with Crippen LogP contribution in [0.15, 0.2) is 18.5 Å². The van der Waals surface area contributed by atoms with Gasteiger partial charge in [0, 0.05) is 26.2 Å². The smallest absolute Gasteiger partial charge is 0.410 e. The zero-order valence-corrected chi connectivity index (χ0v) is 16.2. The molecule has 2 N–H and O–H groups in total. The Morgan fingerprint density at radius 1 is 1.28 bits per heavy atom. The highest BCUT2D eigenvalue weighted by Gasteiger charge is 2.29. The molecule has 9 heteroatoms. The lowest BCUT2D eigenvalue weighted by Gasteiger charge is -2.37. The highest BCUT2D eigenvalue weighted by atomic mass is 79.9. The highest BCUT2D eigenvalue weighted by Crippen LogP contribution is 2.30. The second-order valence-corrected chi connectivity index (χ2v) is 7.91. The topological polar surface area (TPSA) is 89.0 Å². The molecule has 3 rings (SSSR count). The molecule has 2 aromatic rings. The SMILES string of the molecule is CC(C)(C)OC(=O)N1CCN(C(Br)c2ccc3c(N)ncnn23)CC1. The number of nitrogens with zero attached hydrogens (tertiary/aromatic N) is 5. The fourth-order valence-corrected chi connectivity index (χ4v) is 3.55. The van der Waals surface area contributed by atoms with E-state index < -0.39 is 5.60 Å². The summed E-state index contributed by atoms with van der Waals surface area (Å²) in [6, 6.07) is 3.90. The monoisotopic (exact) mass is 410 g/mol. The normalized spacial score (nSPS) is 17.7. The molecule has 0 radical (unpaired) electrons. The molecule has 2 aromatic heterocycles. The first kappa shape index (κ1) is 17.9. The number of hydrogen-bond acceptors (Lipinski definition) is 6. The zero-order chi connectivity index (χ0) is 18.2. The summed E-state index contributed by atoms with van der Waals surface area (Å²) in [6.07, 6.45) is 1.19. The van der Waals surface area contributed by atoms with Crippen LogP contribution < -0.4 is 5.73 Å². The number of ether oxygens (including phenoxy) is 1. The average Bonchev–Trinajstić information content (AvgIpc) is 2.98. The van der Waals surface area contributed by atoms with Gasteiger partial charge in [-0.2, -0.15) is 5.10 Å². The maximum atomic E-state index is 12.2. The molecule has 1 atom stereocenters. The van der Waals surface area contributed by atoms with Crippen LogP contribution in [0, 0.1) is 0 Å². The lowest BCUT2D eigenvalue weighted by molar-refractivity contribution is 0.0136. The van der Waals surface area contributed by atoms with Crippen LogP contribution in [0.1, 0.15) is 31.4 Å². The van der Waals surface area contributed by atoms with Crippen molar-refractivity contribution >= 4 is 33.4 Å². The van der Waals surface area contributed by atoms with Gasteiger partial charge in [-0.05, 0) is 32.9 Å². The van der Waals surface area contributed by atoms with E-state index in [9.17, 15) is 4.79 Å². The van der Waals surface area contributed by atoms with Gasteiger partial charge < -0.3 is 15.4 Å². The molecule has 0 saturated carbocycles. The molecular weight excluding hydrogens is 388 g/mol. The van der Waals surface area contributed by atoms with Crippen LogP contribution >= 0.6 is 15.9 Å². The van der Waals surface area contributed by atoms with Crippen LogP contribution in [-0.2, 0) is 4.74 Å². The number of rotatable bonds is 2. The van der Waals surface area contributed by atoms with E-state index >= 15 is 0 Å². The van der Waals surface area contributed by atoms with Crippen LogP contribution in [0.5, 0.6) is 0 Å². The summed E-state index contributed by atoms with van der Waals surface area (Å²) in [7, 11) is 0. The molecule has 3 heterocycles. The molecule has 0 aliphatic carbocycles. The largest absolute Gasteiger partial charge is 0.444 e. The zero-order valence-electron chi connectivity index (χ0n) is 14.6. The quantitative estimate of drug-likeness (QED) is 0.603. The summed E-state index contributed by atoms with van der Waals surface area (Å²) in [5.41, 5.74) is 7.18. The summed E-state index contributed by atoms with van der Waals surface area (Å²) >= 11 is 3.75. The Bertz CT molecular complexity index is 764. The standard InChI is InChI=1S/C16H23BrN6O2/c1-16(2,3)25-15(24)22-8-6-21(7-9-22)13(17)11-4-5-12-14(18)19-10-20-23(11)12/h4-5,10,13H,6-9H2,1-3H3,(H2,18,19,20). The Labute approximate surface area is 155 Å². The number of carbonyl (C=O) groups is 1. The molecule has 1 fully saturated rings. The number of fused-ring (bicyclic) bond motifs is 1. The summed E-state index contributed by atoms with van der Waals surface area (Å²) in [6.45, 7) is 8.35. The van der Waals surface area contributed by atoms with Gasteiger partial charge >= 0.3 is 6.09 Å². The highest BCUT2D eigenvalue weighted by molar-refractivity contribution is 9.09. The number of anilines is 1. The van der Waals surface area contributed by atoms with E-state index in [4.69, 9.17) is 10.5 Å².